The third kappa shape index (κ3) is 4.42. The average Bonchev–Trinajstić information content (AvgIpc) is 3.38. The number of hydrogen-bond acceptors (Lipinski definition) is 5. The van der Waals surface area contributed by atoms with Crippen molar-refractivity contribution in [3.63, 3.8) is 0 Å². The van der Waals surface area contributed by atoms with Gasteiger partial charge in [-0.3, -0.25) is 24.1 Å². The van der Waals surface area contributed by atoms with Crippen molar-refractivity contribution >= 4 is 17.5 Å². The van der Waals surface area contributed by atoms with Gasteiger partial charge in [0.05, 0.1) is 29.7 Å². The van der Waals surface area contributed by atoms with Gasteiger partial charge >= 0.3 is 0 Å². The first kappa shape index (κ1) is 18.8. The standard InChI is InChI=1S/C18H30N6O2/c1-12-17(13(2)22(4)21-12)20-16(25)11-23-7-9-24(10-8-23)14(3)18(26)19-15-5-6-15/h14-15H,5-11H2,1-4H3,(H,19,26)(H,20,25). The van der Waals surface area contributed by atoms with Gasteiger partial charge in [-0.25, -0.2) is 0 Å². The van der Waals surface area contributed by atoms with E-state index in [1.54, 1.807) is 4.68 Å². The molecule has 0 bridgehead atoms. The summed E-state index contributed by atoms with van der Waals surface area (Å²) in [4.78, 5) is 28.9. The van der Waals surface area contributed by atoms with Crippen LogP contribution in [0.4, 0.5) is 5.69 Å². The van der Waals surface area contributed by atoms with Gasteiger partial charge in [-0.05, 0) is 33.6 Å². The topological polar surface area (TPSA) is 82.5 Å². The molecule has 8 nitrogen and oxygen atoms in total. The lowest BCUT2D eigenvalue weighted by Gasteiger charge is -2.37. The van der Waals surface area contributed by atoms with Crippen molar-refractivity contribution in [3.05, 3.63) is 11.4 Å². The van der Waals surface area contributed by atoms with Crippen LogP contribution in [0.25, 0.3) is 0 Å². The lowest BCUT2D eigenvalue weighted by atomic mass is 10.2. The number of aryl methyl sites for hydroxylation is 2. The van der Waals surface area contributed by atoms with Crippen molar-refractivity contribution in [2.24, 2.45) is 7.05 Å². The number of piperazine rings is 1. The molecule has 2 amide bonds. The fourth-order valence-corrected chi connectivity index (χ4v) is 3.36. The van der Waals surface area contributed by atoms with Gasteiger partial charge < -0.3 is 10.6 Å². The first-order valence-electron chi connectivity index (χ1n) is 9.42. The molecule has 1 saturated heterocycles. The molecular weight excluding hydrogens is 332 g/mol. The molecule has 1 atom stereocenters. The van der Waals surface area contributed by atoms with Gasteiger partial charge in [0.2, 0.25) is 11.8 Å². The molecule has 2 N–H and O–H groups in total. The Morgan fingerprint density at radius 2 is 1.85 bits per heavy atom. The minimum atomic E-state index is -0.104. The second kappa shape index (κ2) is 7.75. The lowest BCUT2D eigenvalue weighted by molar-refractivity contribution is -0.127. The molecule has 1 unspecified atom stereocenters. The van der Waals surface area contributed by atoms with E-state index in [4.69, 9.17) is 0 Å². The van der Waals surface area contributed by atoms with Gasteiger partial charge in [-0.1, -0.05) is 0 Å². The zero-order valence-electron chi connectivity index (χ0n) is 16.2. The van der Waals surface area contributed by atoms with Gasteiger partial charge in [0.1, 0.15) is 0 Å². The van der Waals surface area contributed by atoms with Crippen molar-refractivity contribution in [1.82, 2.24) is 24.9 Å². The Hall–Kier alpha value is -1.93. The van der Waals surface area contributed by atoms with E-state index in [-0.39, 0.29) is 17.9 Å². The quantitative estimate of drug-likeness (QED) is 0.759. The first-order chi connectivity index (χ1) is 12.3. The van der Waals surface area contributed by atoms with Crippen LogP contribution in [0.3, 0.4) is 0 Å². The van der Waals surface area contributed by atoms with E-state index in [0.717, 1.165) is 56.1 Å². The summed E-state index contributed by atoms with van der Waals surface area (Å²) in [7, 11) is 1.87. The molecule has 1 aliphatic heterocycles. The molecule has 8 heteroatoms. The van der Waals surface area contributed by atoms with E-state index >= 15 is 0 Å². The Kier molecular flexibility index (Phi) is 5.62. The number of aromatic nitrogens is 2. The fourth-order valence-electron chi connectivity index (χ4n) is 3.36. The summed E-state index contributed by atoms with van der Waals surface area (Å²) < 4.78 is 1.78. The summed E-state index contributed by atoms with van der Waals surface area (Å²) in [6.07, 6.45) is 2.22. The third-order valence-electron chi connectivity index (χ3n) is 5.40. The number of amides is 2. The molecule has 1 aromatic rings. The van der Waals surface area contributed by atoms with E-state index in [9.17, 15) is 9.59 Å². The van der Waals surface area contributed by atoms with Gasteiger partial charge in [0.25, 0.3) is 0 Å². The van der Waals surface area contributed by atoms with Crippen LogP contribution < -0.4 is 10.6 Å². The highest BCUT2D eigenvalue weighted by molar-refractivity contribution is 5.93. The van der Waals surface area contributed by atoms with Crippen LogP contribution in [-0.4, -0.2) is 76.2 Å². The number of nitrogens with one attached hydrogen (secondary N) is 2. The zero-order valence-corrected chi connectivity index (χ0v) is 16.2. The molecule has 0 aromatic carbocycles. The predicted octanol–water partition coefficient (Wildman–Crippen LogP) is 0.260. The summed E-state index contributed by atoms with van der Waals surface area (Å²) in [5.74, 6) is 0.110. The number of anilines is 1. The fraction of sp³-hybridized carbons (Fsp3) is 0.722. The summed E-state index contributed by atoms with van der Waals surface area (Å²) in [6.45, 7) is 9.37. The highest BCUT2D eigenvalue weighted by Crippen LogP contribution is 2.20. The normalized spacial score (nSPS) is 20.0. The van der Waals surface area contributed by atoms with Gasteiger partial charge in [0.15, 0.2) is 0 Å². The molecule has 3 rings (SSSR count). The Morgan fingerprint density at radius 1 is 1.19 bits per heavy atom. The van der Waals surface area contributed by atoms with Gasteiger partial charge in [-0.15, -0.1) is 0 Å². The summed E-state index contributed by atoms with van der Waals surface area (Å²) >= 11 is 0. The van der Waals surface area contributed by atoms with Crippen molar-refractivity contribution in [2.45, 2.75) is 45.7 Å². The molecule has 1 aliphatic carbocycles. The van der Waals surface area contributed by atoms with Crippen LogP contribution in [0, 0.1) is 13.8 Å². The van der Waals surface area contributed by atoms with Crippen molar-refractivity contribution < 1.29 is 9.59 Å². The smallest absolute Gasteiger partial charge is 0.238 e. The van der Waals surface area contributed by atoms with E-state index in [2.05, 4.69) is 25.5 Å². The number of carbonyl (C=O) groups is 2. The second-order valence-electron chi connectivity index (χ2n) is 7.49. The maximum atomic E-state index is 12.4. The van der Waals surface area contributed by atoms with Crippen molar-refractivity contribution in [3.8, 4) is 0 Å². The van der Waals surface area contributed by atoms with Crippen molar-refractivity contribution in [1.29, 1.82) is 0 Å². The third-order valence-corrected chi connectivity index (χ3v) is 5.40. The van der Waals surface area contributed by atoms with Crippen LogP contribution in [0.15, 0.2) is 0 Å². The number of nitrogens with zero attached hydrogens (tertiary/aromatic N) is 4. The Morgan fingerprint density at radius 3 is 2.38 bits per heavy atom. The van der Waals surface area contributed by atoms with Crippen LogP contribution in [0.2, 0.25) is 0 Å². The molecule has 2 fully saturated rings. The molecule has 2 heterocycles. The molecule has 26 heavy (non-hydrogen) atoms. The maximum Gasteiger partial charge on any atom is 0.238 e. The van der Waals surface area contributed by atoms with E-state index in [1.165, 1.54) is 0 Å². The maximum absolute atomic E-state index is 12.4. The monoisotopic (exact) mass is 362 g/mol. The average molecular weight is 362 g/mol. The minimum Gasteiger partial charge on any atom is -0.352 e. The number of carbonyl (C=O) groups excluding carboxylic acids is 2. The van der Waals surface area contributed by atoms with Gasteiger partial charge in [-0.2, -0.15) is 5.10 Å². The van der Waals surface area contributed by atoms with Crippen LogP contribution in [0.5, 0.6) is 0 Å². The highest BCUT2D eigenvalue weighted by atomic mass is 16.2. The molecule has 1 aromatic heterocycles. The van der Waals surface area contributed by atoms with Crippen molar-refractivity contribution in [2.75, 3.05) is 38.0 Å². The number of hydrogen-bond donors (Lipinski definition) is 2. The predicted molar refractivity (Wildman–Crippen MR) is 100.0 cm³/mol. The molecular formula is C18H30N6O2. The summed E-state index contributed by atoms with van der Waals surface area (Å²) in [5.41, 5.74) is 2.59. The largest absolute Gasteiger partial charge is 0.352 e. The molecule has 1 saturated carbocycles. The van der Waals surface area contributed by atoms with Gasteiger partial charge in [0, 0.05) is 39.3 Å². The Labute approximate surface area is 154 Å². The van der Waals surface area contributed by atoms with E-state index in [0.29, 0.717) is 12.6 Å². The second-order valence-corrected chi connectivity index (χ2v) is 7.49. The van der Waals surface area contributed by atoms with Crippen LogP contribution in [0.1, 0.15) is 31.2 Å². The summed E-state index contributed by atoms with van der Waals surface area (Å²) in [5, 5.41) is 10.4. The minimum absolute atomic E-state index is 0.0165. The molecule has 2 aliphatic rings. The molecule has 0 radical (unpaired) electrons. The first-order valence-corrected chi connectivity index (χ1v) is 9.42. The van der Waals surface area contributed by atoms with E-state index < -0.39 is 0 Å². The highest BCUT2D eigenvalue weighted by Gasteiger charge is 2.30. The lowest BCUT2D eigenvalue weighted by Crippen LogP contribution is -2.55. The molecule has 144 valence electrons. The Bertz CT molecular complexity index is 673. The summed E-state index contributed by atoms with van der Waals surface area (Å²) in [6, 6.07) is 0.293. The SMILES string of the molecule is Cc1nn(C)c(C)c1NC(=O)CN1CCN(C(C)C(=O)NC2CC2)CC1. The van der Waals surface area contributed by atoms with Crippen LogP contribution in [-0.2, 0) is 16.6 Å². The van der Waals surface area contributed by atoms with E-state index in [1.807, 2.05) is 27.8 Å². The molecule has 0 spiro atoms. The number of rotatable bonds is 6. The Balaban J connectivity index is 1.44. The zero-order chi connectivity index (χ0) is 18.8. The van der Waals surface area contributed by atoms with Crippen LogP contribution >= 0.6 is 0 Å².